The molecule has 0 saturated carbocycles. The smallest absolute Gasteiger partial charge is 0.416 e. The predicted octanol–water partition coefficient (Wildman–Crippen LogP) is 4.53. The number of halogens is 3. The summed E-state index contributed by atoms with van der Waals surface area (Å²) in [5.41, 5.74) is 0.0370. The minimum Gasteiger partial charge on any atom is -0.485 e. The molecule has 1 aliphatic heterocycles. The van der Waals surface area contributed by atoms with Gasteiger partial charge in [0.15, 0.2) is 16.6 Å². The second-order valence-corrected chi connectivity index (χ2v) is 7.47. The number of alkyl halides is 3. The Balaban J connectivity index is 1.36. The van der Waals surface area contributed by atoms with Crippen molar-refractivity contribution in [3.8, 4) is 11.5 Å². The number of nitrogens with one attached hydrogen (secondary N) is 1. The van der Waals surface area contributed by atoms with Crippen LogP contribution in [0.5, 0.6) is 11.5 Å². The molecule has 1 aromatic heterocycles. The summed E-state index contributed by atoms with van der Waals surface area (Å²) >= 11 is 1.25. The molecular formula is C20H15F3N2O3S. The van der Waals surface area contributed by atoms with Crippen molar-refractivity contribution in [1.82, 2.24) is 4.98 Å². The van der Waals surface area contributed by atoms with Crippen molar-refractivity contribution in [2.45, 2.75) is 18.7 Å². The minimum absolute atomic E-state index is 0.0899. The van der Waals surface area contributed by atoms with Crippen molar-refractivity contribution in [2.75, 3.05) is 11.9 Å². The Morgan fingerprint density at radius 3 is 2.59 bits per heavy atom. The Labute approximate surface area is 168 Å². The van der Waals surface area contributed by atoms with Crippen molar-refractivity contribution in [3.05, 3.63) is 70.7 Å². The zero-order valence-electron chi connectivity index (χ0n) is 14.9. The molecular weight excluding hydrogens is 405 g/mol. The lowest BCUT2D eigenvalue weighted by molar-refractivity contribution is -0.137. The molecule has 1 aliphatic rings. The van der Waals surface area contributed by atoms with Gasteiger partial charge >= 0.3 is 6.18 Å². The molecule has 29 heavy (non-hydrogen) atoms. The number of hydrogen-bond acceptors (Lipinski definition) is 5. The van der Waals surface area contributed by atoms with Crippen LogP contribution in [0.4, 0.5) is 18.3 Å². The summed E-state index contributed by atoms with van der Waals surface area (Å²) in [4.78, 5) is 17.4. The summed E-state index contributed by atoms with van der Waals surface area (Å²) in [5.74, 6) is 0.709. The van der Waals surface area contributed by atoms with E-state index < -0.39 is 17.8 Å². The molecule has 1 atom stereocenters. The number of aromatic nitrogens is 1. The number of carbonyl (C=O) groups excluding carboxylic acids is 1. The first-order chi connectivity index (χ1) is 13.9. The van der Waals surface area contributed by atoms with Gasteiger partial charge in [0.1, 0.15) is 6.61 Å². The Bertz CT molecular complexity index is 1020. The van der Waals surface area contributed by atoms with Crippen LogP contribution in [-0.4, -0.2) is 23.6 Å². The molecule has 0 saturated heterocycles. The first kappa shape index (κ1) is 19.3. The average molecular weight is 420 g/mol. The van der Waals surface area contributed by atoms with E-state index in [1.807, 2.05) is 6.07 Å². The summed E-state index contributed by atoms with van der Waals surface area (Å²) < 4.78 is 49.1. The third kappa shape index (κ3) is 4.51. The largest absolute Gasteiger partial charge is 0.485 e. The number of anilines is 1. The van der Waals surface area contributed by atoms with Crippen LogP contribution in [0.25, 0.3) is 0 Å². The fourth-order valence-corrected chi connectivity index (χ4v) is 3.64. The zero-order chi connectivity index (χ0) is 20.4. The van der Waals surface area contributed by atoms with Crippen LogP contribution in [0, 0.1) is 0 Å². The van der Waals surface area contributed by atoms with E-state index in [-0.39, 0.29) is 12.5 Å². The molecule has 5 nitrogen and oxygen atoms in total. The lowest BCUT2D eigenvalue weighted by Gasteiger charge is -2.25. The van der Waals surface area contributed by atoms with Crippen molar-refractivity contribution < 1.29 is 27.4 Å². The molecule has 4 rings (SSSR count). The van der Waals surface area contributed by atoms with E-state index in [0.29, 0.717) is 23.1 Å². The summed E-state index contributed by atoms with van der Waals surface area (Å²) in [6, 6.07) is 12.1. The molecule has 9 heteroatoms. The maximum absolute atomic E-state index is 12.6. The number of thiazole rings is 1. The molecule has 150 valence electrons. The number of ether oxygens (including phenoxy) is 2. The van der Waals surface area contributed by atoms with Crippen molar-refractivity contribution in [2.24, 2.45) is 0 Å². The molecule has 2 heterocycles. The molecule has 0 unspecified atom stereocenters. The molecule has 0 radical (unpaired) electrons. The van der Waals surface area contributed by atoms with Crippen molar-refractivity contribution >= 4 is 22.4 Å². The normalized spacial score (nSPS) is 15.8. The van der Waals surface area contributed by atoms with Crippen LogP contribution in [0.2, 0.25) is 0 Å². The van der Waals surface area contributed by atoms with Crippen LogP contribution in [0.3, 0.4) is 0 Å². The number of nitrogens with zero attached hydrogens (tertiary/aromatic N) is 1. The van der Waals surface area contributed by atoms with Crippen LogP contribution in [0.15, 0.2) is 54.7 Å². The van der Waals surface area contributed by atoms with E-state index in [4.69, 9.17) is 9.47 Å². The van der Waals surface area contributed by atoms with Gasteiger partial charge < -0.3 is 9.47 Å². The Kier molecular flexibility index (Phi) is 5.14. The number of rotatable bonds is 4. The van der Waals surface area contributed by atoms with E-state index >= 15 is 0 Å². The number of fused-ring (bicyclic) bond motifs is 1. The molecule has 3 aromatic rings. The van der Waals surface area contributed by atoms with Gasteiger partial charge in [-0.1, -0.05) is 24.3 Å². The van der Waals surface area contributed by atoms with E-state index in [9.17, 15) is 18.0 Å². The first-order valence-electron chi connectivity index (χ1n) is 8.69. The molecule has 0 bridgehead atoms. The maximum Gasteiger partial charge on any atom is 0.416 e. The highest BCUT2D eigenvalue weighted by Gasteiger charge is 2.30. The van der Waals surface area contributed by atoms with E-state index in [1.54, 1.807) is 24.4 Å². The van der Waals surface area contributed by atoms with Gasteiger partial charge in [-0.2, -0.15) is 13.2 Å². The highest BCUT2D eigenvalue weighted by atomic mass is 32.1. The van der Waals surface area contributed by atoms with Gasteiger partial charge in [0.05, 0.1) is 5.56 Å². The molecule has 0 aliphatic carbocycles. The second-order valence-electron chi connectivity index (χ2n) is 6.36. The quantitative estimate of drug-likeness (QED) is 0.674. The number of hydrogen-bond donors (Lipinski definition) is 1. The SMILES string of the molecule is O=C(Nc1ncc(Cc2ccc(C(F)(F)F)cc2)s1)[C@H]1COc2ccccc2O1. The summed E-state index contributed by atoms with van der Waals surface area (Å²) in [6.07, 6.45) is -3.15. The third-order valence-corrected chi connectivity index (χ3v) is 5.16. The Hall–Kier alpha value is -3.07. The number of amides is 1. The van der Waals surface area contributed by atoms with Crippen molar-refractivity contribution in [3.63, 3.8) is 0 Å². The van der Waals surface area contributed by atoms with Gasteiger partial charge in [-0.05, 0) is 29.8 Å². The fourth-order valence-electron chi connectivity index (χ4n) is 2.79. The summed E-state index contributed by atoms with van der Waals surface area (Å²) in [6.45, 7) is 0.0899. The van der Waals surface area contributed by atoms with Gasteiger partial charge in [0, 0.05) is 17.5 Å². The molecule has 0 spiro atoms. The van der Waals surface area contributed by atoms with Crippen LogP contribution in [-0.2, 0) is 17.4 Å². The number of carbonyl (C=O) groups is 1. The fraction of sp³-hybridized carbons (Fsp3) is 0.200. The van der Waals surface area contributed by atoms with Crippen LogP contribution in [0.1, 0.15) is 16.0 Å². The van der Waals surface area contributed by atoms with Gasteiger partial charge in [0.2, 0.25) is 6.10 Å². The van der Waals surface area contributed by atoms with Crippen LogP contribution < -0.4 is 14.8 Å². The number of para-hydroxylation sites is 2. The van der Waals surface area contributed by atoms with E-state index in [1.165, 1.54) is 23.5 Å². The second kappa shape index (κ2) is 7.75. The highest BCUT2D eigenvalue weighted by molar-refractivity contribution is 7.15. The van der Waals surface area contributed by atoms with E-state index in [0.717, 1.165) is 22.6 Å². The van der Waals surface area contributed by atoms with Gasteiger partial charge in [-0.3, -0.25) is 10.1 Å². The highest BCUT2D eigenvalue weighted by Crippen LogP contribution is 2.32. The standard InChI is InChI=1S/C20H15F3N2O3S/c21-20(22,23)13-7-5-12(6-8-13)9-14-10-24-19(29-14)25-18(26)17-11-27-15-3-1-2-4-16(15)28-17/h1-8,10,17H,9,11H2,(H,24,25,26)/t17-/m1/s1. The monoisotopic (exact) mass is 420 g/mol. The van der Waals surface area contributed by atoms with Gasteiger partial charge in [0.25, 0.3) is 5.91 Å². The molecule has 1 N–H and O–H groups in total. The summed E-state index contributed by atoms with van der Waals surface area (Å²) in [7, 11) is 0. The lowest BCUT2D eigenvalue weighted by atomic mass is 10.1. The Morgan fingerprint density at radius 2 is 1.86 bits per heavy atom. The average Bonchev–Trinajstić information content (AvgIpc) is 3.14. The van der Waals surface area contributed by atoms with Gasteiger partial charge in [-0.15, -0.1) is 11.3 Å². The van der Waals surface area contributed by atoms with Crippen molar-refractivity contribution in [1.29, 1.82) is 0 Å². The zero-order valence-corrected chi connectivity index (χ0v) is 15.7. The van der Waals surface area contributed by atoms with Crippen LogP contribution >= 0.6 is 11.3 Å². The molecule has 2 aromatic carbocycles. The molecule has 0 fully saturated rings. The Morgan fingerprint density at radius 1 is 1.14 bits per heavy atom. The first-order valence-corrected chi connectivity index (χ1v) is 9.50. The third-order valence-electron chi connectivity index (χ3n) is 4.24. The maximum atomic E-state index is 12.6. The molecule has 1 amide bonds. The minimum atomic E-state index is -4.36. The lowest BCUT2D eigenvalue weighted by Crippen LogP contribution is -2.40. The topological polar surface area (TPSA) is 60.5 Å². The number of benzene rings is 2. The summed E-state index contributed by atoms with van der Waals surface area (Å²) in [5, 5.41) is 3.08. The van der Waals surface area contributed by atoms with Gasteiger partial charge in [-0.25, -0.2) is 4.98 Å². The predicted molar refractivity (Wildman–Crippen MR) is 101 cm³/mol. The van der Waals surface area contributed by atoms with E-state index in [2.05, 4.69) is 10.3 Å².